The number of hydrogen-bond donors (Lipinski definition) is 0. The molecule has 0 N–H and O–H groups in total. The zero-order valence-electron chi connectivity index (χ0n) is 15.0. The number of likely N-dealkylation sites (N-methyl/N-ethyl adjacent to an activating group) is 1. The van der Waals surface area contributed by atoms with Crippen molar-refractivity contribution >= 4 is 29.0 Å². The van der Waals surface area contributed by atoms with E-state index in [1.54, 1.807) is 19.2 Å². The Kier molecular flexibility index (Phi) is 5.75. The minimum absolute atomic E-state index is 0.119. The number of benzene rings is 1. The fourth-order valence-electron chi connectivity index (χ4n) is 2.51. The minimum atomic E-state index is -0.625. The van der Waals surface area contributed by atoms with Gasteiger partial charge in [0.25, 0.3) is 5.91 Å². The van der Waals surface area contributed by atoms with Crippen molar-refractivity contribution in [3.63, 3.8) is 0 Å². The second kappa shape index (κ2) is 8.22. The molecule has 1 atom stereocenters. The van der Waals surface area contributed by atoms with Gasteiger partial charge in [0.05, 0.1) is 11.4 Å². The molecule has 2 aromatic rings. The Balaban J connectivity index is 1.48. The Morgan fingerprint density at radius 1 is 1.15 bits per heavy atom. The maximum Gasteiger partial charge on any atom is 0.348 e. The summed E-state index contributed by atoms with van der Waals surface area (Å²) in [7, 11) is 1.61. The molecule has 1 aliphatic rings. The number of rotatable bonds is 6. The number of amides is 1. The average molecular weight is 389 g/mol. The van der Waals surface area contributed by atoms with Gasteiger partial charge in [0.1, 0.15) is 11.5 Å². The molecular formula is C19H19NO6S. The molecule has 0 aliphatic carbocycles. The Bertz CT molecular complexity index is 861. The largest absolute Gasteiger partial charge is 0.486 e. The lowest BCUT2D eigenvalue weighted by Gasteiger charge is -2.29. The molecule has 0 saturated carbocycles. The topological polar surface area (TPSA) is 82.1 Å². The van der Waals surface area contributed by atoms with E-state index in [1.165, 1.54) is 17.9 Å². The third kappa shape index (κ3) is 4.65. The minimum Gasteiger partial charge on any atom is -0.486 e. The van der Waals surface area contributed by atoms with Crippen LogP contribution < -0.4 is 9.47 Å². The highest BCUT2D eigenvalue weighted by Crippen LogP contribution is 2.30. The van der Waals surface area contributed by atoms with Gasteiger partial charge in [0, 0.05) is 7.05 Å². The third-order valence-electron chi connectivity index (χ3n) is 3.95. The van der Waals surface area contributed by atoms with E-state index in [9.17, 15) is 14.4 Å². The van der Waals surface area contributed by atoms with Gasteiger partial charge in [0.2, 0.25) is 0 Å². The fourth-order valence-corrected chi connectivity index (χ4v) is 3.30. The van der Waals surface area contributed by atoms with Crippen molar-refractivity contribution in [1.82, 2.24) is 4.90 Å². The van der Waals surface area contributed by atoms with Crippen LogP contribution in [0, 0.1) is 0 Å². The lowest BCUT2D eigenvalue weighted by atomic mass is 10.2. The molecule has 3 rings (SSSR count). The number of nitrogens with zero attached hydrogens (tertiary/aromatic N) is 1. The van der Waals surface area contributed by atoms with Crippen molar-refractivity contribution in [2.45, 2.75) is 13.0 Å². The summed E-state index contributed by atoms with van der Waals surface area (Å²) in [6.07, 6.45) is -0.306. The smallest absolute Gasteiger partial charge is 0.348 e. The quantitative estimate of drug-likeness (QED) is 0.557. The van der Waals surface area contributed by atoms with E-state index in [1.807, 2.05) is 18.2 Å². The molecule has 1 aliphatic heterocycles. The highest BCUT2D eigenvalue weighted by atomic mass is 32.1. The van der Waals surface area contributed by atoms with Gasteiger partial charge in [-0.25, -0.2) is 4.79 Å². The maximum absolute atomic E-state index is 12.2. The zero-order valence-corrected chi connectivity index (χ0v) is 15.8. The normalized spacial score (nSPS) is 15.1. The van der Waals surface area contributed by atoms with Crippen LogP contribution in [0.1, 0.15) is 26.3 Å². The Hall–Kier alpha value is -2.87. The van der Waals surface area contributed by atoms with Gasteiger partial charge >= 0.3 is 5.97 Å². The van der Waals surface area contributed by atoms with Gasteiger partial charge in [-0.3, -0.25) is 9.59 Å². The molecule has 1 aromatic carbocycles. The maximum atomic E-state index is 12.2. The second-order valence-electron chi connectivity index (χ2n) is 6.07. The van der Waals surface area contributed by atoms with Gasteiger partial charge in [-0.1, -0.05) is 12.1 Å². The van der Waals surface area contributed by atoms with Crippen molar-refractivity contribution in [3.8, 4) is 11.5 Å². The first-order chi connectivity index (χ1) is 12.9. The summed E-state index contributed by atoms with van der Waals surface area (Å²) in [4.78, 5) is 37.7. The van der Waals surface area contributed by atoms with Gasteiger partial charge < -0.3 is 19.1 Å². The number of carbonyl (C=O) groups excluding carboxylic acids is 3. The van der Waals surface area contributed by atoms with Crippen molar-refractivity contribution in [2.24, 2.45) is 0 Å². The molecule has 0 spiro atoms. The van der Waals surface area contributed by atoms with Crippen LogP contribution in [-0.4, -0.2) is 55.5 Å². The number of hydrogen-bond acceptors (Lipinski definition) is 7. The number of carbonyl (C=O) groups is 3. The summed E-state index contributed by atoms with van der Waals surface area (Å²) in [6, 6.07) is 10.4. The SMILES string of the molecule is CC(=O)c1ccc(C(=O)OCC(=O)N(C)CC2COc3ccccc3O2)s1. The molecule has 1 unspecified atom stereocenters. The van der Waals surface area contributed by atoms with Crippen molar-refractivity contribution in [1.29, 1.82) is 0 Å². The predicted molar refractivity (Wildman–Crippen MR) is 98.6 cm³/mol. The summed E-state index contributed by atoms with van der Waals surface area (Å²) in [5, 5.41) is 0. The highest BCUT2D eigenvalue weighted by Gasteiger charge is 2.24. The van der Waals surface area contributed by atoms with Crippen LogP contribution in [0.4, 0.5) is 0 Å². The molecule has 1 amide bonds. The molecule has 0 fully saturated rings. The molecule has 142 valence electrons. The van der Waals surface area contributed by atoms with E-state index < -0.39 is 5.97 Å². The van der Waals surface area contributed by atoms with E-state index in [4.69, 9.17) is 14.2 Å². The van der Waals surface area contributed by atoms with Crippen LogP contribution in [0.15, 0.2) is 36.4 Å². The van der Waals surface area contributed by atoms with Crippen molar-refractivity contribution in [3.05, 3.63) is 46.2 Å². The van der Waals surface area contributed by atoms with Crippen LogP contribution in [0.25, 0.3) is 0 Å². The predicted octanol–water partition coefficient (Wildman–Crippen LogP) is 2.41. The van der Waals surface area contributed by atoms with E-state index in [0.717, 1.165) is 11.3 Å². The fraction of sp³-hybridized carbons (Fsp3) is 0.316. The summed E-state index contributed by atoms with van der Waals surface area (Å²) in [6.45, 7) is 1.68. The lowest BCUT2D eigenvalue weighted by Crippen LogP contribution is -2.43. The van der Waals surface area contributed by atoms with E-state index in [2.05, 4.69) is 0 Å². The second-order valence-corrected chi connectivity index (χ2v) is 7.15. The van der Waals surface area contributed by atoms with Crippen LogP contribution in [-0.2, 0) is 9.53 Å². The van der Waals surface area contributed by atoms with E-state index in [0.29, 0.717) is 29.5 Å². The highest BCUT2D eigenvalue weighted by molar-refractivity contribution is 7.15. The zero-order chi connectivity index (χ0) is 19.4. The van der Waals surface area contributed by atoms with Gasteiger partial charge in [-0.05, 0) is 31.2 Å². The Morgan fingerprint density at radius 3 is 2.56 bits per heavy atom. The van der Waals surface area contributed by atoms with Crippen LogP contribution in [0.5, 0.6) is 11.5 Å². The summed E-state index contributed by atoms with van der Waals surface area (Å²) in [5.74, 6) is 0.221. The van der Waals surface area contributed by atoms with E-state index >= 15 is 0 Å². The number of ketones is 1. The molecule has 27 heavy (non-hydrogen) atoms. The third-order valence-corrected chi connectivity index (χ3v) is 5.12. The lowest BCUT2D eigenvalue weighted by molar-refractivity contribution is -0.134. The first-order valence-corrected chi connectivity index (χ1v) is 9.16. The Labute approximate surface area is 160 Å². The average Bonchev–Trinajstić information content (AvgIpc) is 3.16. The number of Topliss-reactive ketones (excluding diaryl/α,β-unsaturated/α-hetero) is 1. The molecule has 1 aromatic heterocycles. The standard InChI is InChI=1S/C19H19NO6S/c1-12(21)16-7-8-17(27-16)19(23)25-11-18(22)20(2)9-13-10-24-14-5-3-4-6-15(14)26-13/h3-8,13H,9-11H2,1-2H3. The monoisotopic (exact) mass is 389 g/mol. The Morgan fingerprint density at radius 2 is 1.85 bits per heavy atom. The number of esters is 1. The molecule has 0 saturated heterocycles. The molecular weight excluding hydrogens is 370 g/mol. The van der Waals surface area contributed by atoms with Crippen LogP contribution >= 0.6 is 11.3 Å². The number of fused-ring (bicyclic) bond motifs is 1. The van der Waals surface area contributed by atoms with Gasteiger partial charge in [0.15, 0.2) is 30.0 Å². The molecule has 2 heterocycles. The summed E-state index contributed by atoms with van der Waals surface area (Å²) >= 11 is 1.05. The van der Waals surface area contributed by atoms with E-state index in [-0.39, 0.29) is 29.3 Å². The summed E-state index contributed by atoms with van der Waals surface area (Å²) < 4.78 is 16.5. The van der Waals surface area contributed by atoms with Crippen molar-refractivity contribution in [2.75, 3.05) is 26.8 Å². The van der Waals surface area contributed by atoms with Crippen LogP contribution in [0.3, 0.4) is 0 Å². The van der Waals surface area contributed by atoms with Gasteiger partial charge in [-0.15, -0.1) is 11.3 Å². The molecule has 7 nitrogen and oxygen atoms in total. The van der Waals surface area contributed by atoms with Crippen LogP contribution in [0.2, 0.25) is 0 Å². The van der Waals surface area contributed by atoms with Gasteiger partial charge in [-0.2, -0.15) is 0 Å². The number of para-hydroxylation sites is 2. The molecule has 8 heteroatoms. The molecule has 0 radical (unpaired) electrons. The van der Waals surface area contributed by atoms with Crippen molar-refractivity contribution < 1.29 is 28.6 Å². The number of thiophene rings is 1. The summed E-state index contributed by atoms with van der Waals surface area (Å²) in [5.41, 5.74) is 0. The first-order valence-electron chi connectivity index (χ1n) is 8.34. The molecule has 0 bridgehead atoms. The first kappa shape index (κ1) is 18.9. The number of ether oxygens (including phenoxy) is 3.